The van der Waals surface area contributed by atoms with Crippen molar-refractivity contribution >= 4 is 5.91 Å². The Kier molecular flexibility index (Phi) is 4.86. The normalized spacial score (nSPS) is 9.50. The largest absolute Gasteiger partial charge is 0.480 e. The lowest BCUT2D eigenvalue weighted by Gasteiger charge is -2.03. The Balaban J connectivity index is 2.23. The topological polar surface area (TPSA) is 79.9 Å². The van der Waals surface area contributed by atoms with Gasteiger partial charge >= 0.3 is 0 Å². The number of aryl methyl sites for hydroxylation is 1. The van der Waals surface area contributed by atoms with Gasteiger partial charge in [0.05, 0.1) is 24.9 Å². The van der Waals surface area contributed by atoms with Crippen LogP contribution < -0.4 is 10.1 Å². The fraction of sp³-hybridized carbons (Fsp3) is 0.500. The molecular formula is C10H14N4O2. The summed E-state index contributed by atoms with van der Waals surface area (Å²) in [6.07, 6.45) is 3.59. The number of hydrogen-bond acceptors (Lipinski definition) is 4. The van der Waals surface area contributed by atoms with Crippen LogP contribution in [0.5, 0.6) is 5.75 Å². The number of nitrogens with zero attached hydrogens (tertiary/aromatic N) is 3. The standard InChI is InChI=1S/C10H14N4O2/c1-2-14-7-9(6-13-14)16-8-10(15)12-5-3-4-11/h6-7H,2-3,5,8H2,1H3,(H,12,15). The van der Waals surface area contributed by atoms with Crippen LogP contribution in [0.2, 0.25) is 0 Å². The molecular weight excluding hydrogens is 208 g/mol. The van der Waals surface area contributed by atoms with Gasteiger partial charge in [0.15, 0.2) is 12.4 Å². The molecule has 0 radical (unpaired) electrons. The van der Waals surface area contributed by atoms with Crippen LogP contribution in [0.4, 0.5) is 0 Å². The maximum Gasteiger partial charge on any atom is 0.257 e. The summed E-state index contributed by atoms with van der Waals surface area (Å²) in [4.78, 5) is 11.2. The number of nitrogens with one attached hydrogen (secondary N) is 1. The minimum absolute atomic E-state index is 0.0547. The van der Waals surface area contributed by atoms with Crippen molar-refractivity contribution < 1.29 is 9.53 Å². The average molecular weight is 222 g/mol. The van der Waals surface area contributed by atoms with Crippen molar-refractivity contribution in [2.75, 3.05) is 13.2 Å². The van der Waals surface area contributed by atoms with E-state index in [1.807, 2.05) is 13.0 Å². The van der Waals surface area contributed by atoms with E-state index in [4.69, 9.17) is 10.00 Å². The average Bonchev–Trinajstić information content (AvgIpc) is 2.74. The zero-order valence-electron chi connectivity index (χ0n) is 9.14. The van der Waals surface area contributed by atoms with Gasteiger partial charge in [0.25, 0.3) is 5.91 Å². The lowest BCUT2D eigenvalue weighted by Crippen LogP contribution is -2.29. The Morgan fingerprint density at radius 2 is 2.56 bits per heavy atom. The molecule has 0 bridgehead atoms. The van der Waals surface area contributed by atoms with Crippen molar-refractivity contribution in [2.45, 2.75) is 19.9 Å². The molecule has 1 aromatic rings. The molecule has 0 aliphatic carbocycles. The van der Waals surface area contributed by atoms with Gasteiger partial charge in [-0.3, -0.25) is 9.48 Å². The van der Waals surface area contributed by atoms with Gasteiger partial charge in [0, 0.05) is 13.1 Å². The Hall–Kier alpha value is -2.03. The molecule has 1 N–H and O–H groups in total. The highest BCUT2D eigenvalue weighted by molar-refractivity contribution is 5.77. The van der Waals surface area contributed by atoms with E-state index in [0.717, 1.165) is 6.54 Å². The van der Waals surface area contributed by atoms with Gasteiger partial charge in [0.2, 0.25) is 0 Å². The zero-order valence-corrected chi connectivity index (χ0v) is 9.14. The summed E-state index contributed by atoms with van der Waals surface area (Å²) in [7, 11) is 0. The quantitative estimate of drug-likeness (QED) is 0.702. The molecule has 0 saturated heterocycles. The fourth-order valence-corrected chi connectivity index (χ4v) is 1.05. The van der Waals surface area contributed by atoms with Gasteiger partial charge in [-0.05, 0) is 6.92 Å². The van der Waals surface area contributed by atoms with Crippen LogP contribution in [0, 0.1) is 11.3 Å². The summed E-state index contributed by atoms with van der Waals surface area (Å²) < 4.78 is 6.91. The second-order valence-electron chi connectivity index (χ2n) is 3.08. The van der Waals surface area contributed by atoms with Crippen LogP contribution in [0.3, 0.4) is 0 Å². The lowest BCUT2D eigenvalue weighted by molar-refractivity contribution is -0.123. The lowest BCUT2D eigenvalue weighted by atomic mass is 10.4. The first kappa shape index (κ1) is 12.0. The van der Waals surface area contributed by atoms with Gasteiger partial charge in [-0.25, -0.2) is 0 Å². The first-order chi connectivity index (χ1) is 7.76. The van der Waals surface area contributed by atoms with Crippen molar-refractivity contribution in [2.24, 2.45) is 0 Å². The second-order valence-corrected chi connectivity index (χ2v) is 3.08. The van der Waals surface area contributed by atoms with Gasteiger partial charge in [-0.2, -0.15) is 10.4 Å². The molecule has 0 spiro atoms. The maximum absolute atomic E-state index is 11.2. The highest BCUT2D eigenvalue weighted by atomic mass is 16.5. The molecule has 0 aromatic carbocycles. The van der Waals surface area contributed by atoms with E-state index in [0.29, 0.717) is 18.7 Å². The minimum Gasteiger partial charge on any atom is -0.480 e. The van der Waals surface area contributed by atoms with E-state index in [2.05, 4.69) is 10.4 Å². The molecule has 0 fully saturated rings. The third kappa shape index (κ3) is 4.00. The molecule has 16 heavy (non-hydrogen) atoms. The van der Waals surface area contributed by atoms with Crippen LogP contribution in [-0.4, -0.2) is 28.8 Å². The molecule has 0 saturated carbocycles. The molecule has 0 atom stereocenters. The van der Waals surface area contributed by atoms with E-state index >= 15 is 0 Å². The Bertz CT molecular complexity index is 380. The summed E-state index contributed by atoms with van der Waals surface area (Å²) >= 11 is 0. The van der Waals surface area contributed by atoms with Crippen LogP contribution in [0.15, 0.2) is 12.4 Å². The maximum atomic E-state index is 11.2. The molecule has 86 valence electrons. The highest BCUT2D eigenvalue weighted by Gasteiger charge is 2.03. The van der Waals surface area contributed by atoms with Crippen molar-refractivity contribution in [1.82, 2.24) is 15.1 Å². The number of hydrogen-bond donors (Lipinski definition) is 1. The summed E-state index contributed by atoms with van der Waals surface area (Å²) in [5.41, 5.74) is 0. The summed E-state index contributed by atoms with van der Waals surface area (Å²) in [6, 6.07) is 1.94. The molecule has 0 unspecified atom stereocenters. The van der Waals surface area contributed by atoms with Gasteiger partial charge < -0.3 is 10.1 Å². The first-order valence-electron chi connectivity index (χ1n) is 5.05. The minimum atomic E-state index is -0.237. The van der Waals surface area contributed by atoms with Crippen LogP contribution in [0.25, 0.3) is 0 Å². The third-order valence-corrected chi connectivity index (χ3v) is 1.86. The number of amides is 1. The SMILES string of the molecule is CCn1cc(OCC(=O)NCCC#N)cn1. The number of rotatable bonds is 6. The summed E-state index contributed by atoms with van der Waals surface area (Å²) in [5, 5.41) is 14.8. The van der Waals surface area contributed by atoms with E-state index in [9.17, 15) is 4.79 Å². The molecule has 0 aliphatic heterocycles. The van der Waals surface area contributed by atoms with Crippen LogP contribution in [0.1, 0.15) is 13.3 Å². The molecule has 1 amide bonds. The molecule has 6 heteroatoms. The van der Waals surface area contributed by atoms with E-state index < -0.39 is 0 Å². The Morgan fingerprint density at radius 3 is 3.19 bits per heavy atom. The monoisotopic (exact) mass is 222 g/mol. The van der Waals surface area contributed by atoms with E-state index in [1.54, 1.807) is 17.1 Å². The zero-order chi connectivity index (χ0) is 11.8. The molecule has 0 aliphatic rings. The fourth-order valence-electron chi connectivity index (χ4n) is 1.05. The Labute approximate surface area is 93.8 Å². The summed E-state index contributed by atoms with van der Waals surface area (Å²) in [6.45, 7) is 3.02. The predicted octanol–water partition coefficient (Wildman–Crippen LogP) is 0.312. The van der Waals surface area contributed by atoms with Gasteiger partial charge in [-0.15, -0.1) is 0 Å². The summed E-state index contributed by atoms with van der Waals surface area (Å²) in [5.74, 6) is 0.330. The van der Waals surface area contributed by atoms with Gasteiger partial charge in [0.1, 0.15) is 0 Å². The van der Waals surface area contributed by atoms with E-state index in [1.165, 1.54) is 0 Å². The van der Waals surface area contributed by atoms with Gasteiger partial charge in [-0.1, -0.05) is 0 Å². The number of carbonyl (C=O) groups is 1. The van der Waals surface area contributed by atoms with Crippen molar-refractivity contribution in [3.63, 3.8) is 0 Å². The van der Waals surface area contributed by atoms with Crippen LogP contribution >= 0.6 is 0 Å². The van der Waals surface area contributed by atoms with Crippen LogP contribution in [-0.2, 0) is 11.3 Å². The molecule has 1 heterocycles. The van der Waals surface area contributed by atoms with E-state index in [-0.39, 0.29) is 12.5 Å². The third-order valence-electron chi connectivity index (χ3n) is 1.86. The second kappa shape index (κ2) is 6.45. The van der Waals surface area contributed by atoms with Crippen molar-refractivity contribution in [3.8, 4) is 11.8 Å². The predicted molar refractivity (Wildman–Crippen MR) is 56.6 cm³/mol. The molecule has 1 rings (SSSR count). The smallest absolute Gasteiger partial charge is 0.257 e. The number of nitriles is 1. The number of aromatic nitrogens is 2. The van der Waals surface area contributed by atoms with Crippen molar-refractivity contribution in [3.05, 3.63) is 12.4 Å². The molecule has 1 aromatic heterocycles. The first-order valence-corrected chi connectivity index (χ1v) is 5.05. The number of ether oxygens (including phenoxy) is 1. The highest BCUT2D eigenvalue weighted by Crippen LogP contribution is 2.07. The molecule has 6 nitrogen and oxygen atoms in total. The number of carbonyl (C=O) groups excluding carboxylic acids is 1. The Morgan fingerprint density at radius 1 is 1.75 bits per heavy atom. The van der Waals surface area contributed by atoms with Crippen molar-refractivity contribution in [1.29, 1.82) is 5.26 Å².